The predicted molar refractivity (Wildman–Crippen MR) is 98.4 cm³/mol. The molecule has 1 saturated heterocycles. The number of ether oxygens (including phenoxy) is 1. The van der Waals surface area contributed by atoms with Crippen LogP contribution in [0.2, 0.25) is 0 Å². The maximum Gasteiger partial charge on any atom is 0.122 e. The number of nitrogens with two attached hydrogens (primary N) is 1. The van der Waals surface area contributed by atoms with Gasteiger partial charge in [-0.1, -0.05) is 46.2 Å². The Morgan fingerprint density at radius 3 is 2.61 bits per heavy atom. The normalized spacial score (nSPS) is 21.2. The van der Waals surface area contributed by atoms with Gasteiger partial charge in [-0.15, -0.1) is 0 Å². The molecule has 0 aromatic heterocycles. The summed E-state index contributed by atoms with van der Waals surface area (Å²) in [6, 6.07) is 7.17. The number of hydrogen-bond acceptors (Lipinski definition) is 3. The van der Waals surface area contributed by atoms with Gasteiger partial charge in [0.1, 0.15) is 5.75 Å². The highest BCUT2D eigenvalue weighted by molar-refractivity contribution is 5.43. The molecule has 2 N–H and O–H groups in total. The smallest absolute Gasteiger partial charge is 0.122 e. The van der Waals surface area contributed by atoms with Crippen LogP contribution in [0.1, 0.15) is 64.0 Å². The zero-order valence-electron chi connectivity index (χ0n) is 15.6. The first-order valence-electron chi connectivity index (χ1n) is 9.04. The molecule has 0 saturated carbocycles. The highest BCUT2D eigenvalue weighted by Crippen LogP contribution is 2.37. The predicted octanol–water partition coefficient (Wildman–Crippen LogP) is 3.91. The largest absolute Gasteiger partial charge is 0.496 e. The zero-order chi connectivity index (χ0) is 17.0. The van der Waals surface area contributed by atoms with Crippen molar-refractivity contribution < 1.29 is 4.74 Å². The van der Waals surface area contributed by atoms with Crippen molar-refractivity contribution in [2.24, 2.45) is 5.73 Å². The number of benzene rings is 1. The SMILES string of the molecule is CCN1CCCCC1C(CN)c1cc(C(C)(C)C)ccc1OC. The van der Waals surface area contributed by atoms with Crippen LogP contribution in [0.4, 0.5) is 0 Å². The van der Waals surface area contributed by atoms with Crippen LogP contribution in [0.5, 0.6) is 5.75 Å². The quantitative estimate of drug-likeness (QED) is 0.894. The third-order valence-electron chi connectivity index (χ3n) is 5.28. The lowest BCUT2D eigenvalue weighted by Gasteiger charge is -2.40. The third kappa shape index (κ3) is 4.07. The van der Waals surface area contributed by atoms with Crippen LogP contribution in [0.25, 0.3) is 0 Å². The molecule has 1 aromatic rings. The van der Waals surface area contributed by atoms with Gasteiger partial charge in [0, 0.05) is 24.1 Å². The van der Waals surface area contributed by atoms with Crippen molar-refractivity contribution in [2.75, 3.05) is 26.7 Å². The van der Waals surface area contributed by atoms with Crippen LogP contribution in [0.3, 0.4) is 0 Å². The molecule has 0 spiro atoms. The Morgan fingerprint density at radius 2 is 2.04 bits per heavy atom. The minimum atomic E-state index is 0.136. The summed E-state index contributed by atoms with van der Waals surface area (Å²) in [5.74, 6) is 1.32. The maximum atomic E-state index is 6.25. The highest BCUT2D eigenvalue weighted by Gasteiger charge is 2.31. The molecule has 2 unspecified atom stereocenters. The van der Waals surface area contributed by atoms with Crippen LogP contribution in [-0.2, 0) is 5.41 Å². The molecule has 0 bridgehead atoms. The van der Waals surface area contributed by atoms with E-state index in [1.807, 2.05) is 0 Å². The second kappa shape index (κ2) is 7.67. The fourth-order valence-corrected chi connectivity index (χ4v) is 3.85. The van der Waals surface area contributed by atoms with E-state index >= 15 is 0 Å². The Balaban J connectivity index is 2.42. The van der Waals surface area contributed by atoms with E-state index in [9.17, 15) is 0 Å². The van der Waals surface area contributed by atoms with Crippen molar-refractivity contribution in [3.8, 4) is 5.75 Å². The number of likely N-dealkylation sites (tertiary alicyclic amines) is 1. The molecule has 0 radical (unpaired) electrons. The number of methoxy groups -OCH3 is 1. The van der Waals surface area contributed by atoms with Crippen molar-refractivity contribution in [2.45, 2.75) is 64.3 Å². The van der Waals surface area contributed by atoms with Crippen LogP contribution in [0, 0.1) is 0 Å². The summed E-state index contributed by atoms with van der Waals surface area (Å²) in [5, 5.41) is 0. The standard InChI is InChI=1S/C20H34N2O/c1-6-22-12-8-7-9-18(22)17(14-21)16-13-15(20(2,3)4)10-11-19(16)23-5/h10-11,13,17-18H,6-9,12,14,21H2,1-5H3. The fraction of sp³-hybridized carbons (Fsp3) is 0.700. The summed E-state index contributed by atoms with van der Waals surface area (Å²) in [6.45, 7) is 12.0. The number of likely N-dealkylation sites (N-methyl/N-ethyl adjacent to an activating group) is 1. The van der Waals surface area contributed by atoms with Crippen LogP contribution < -0.4 is 10.5 Å². The second-order valence-electron chi connectivity index (χ2n) is 7.74. The minimum absolute atomic E-state index is 0.136. The molecule has 0 amide bonds. The molecule has 1 fully saturated rings. The van der Waals surface area contributed by atoms with Gasteiger partial charge in [-0.25, -0.2) is 0 Å². The second-order valence-corrected chi connectivity index (χ2v) is 7.74. The average molecular weight is 319 g/mol. The van der Waals surface area contributed by atoms with Crippen LogP contribution in [-0.4, -0.2) is 37.7 Å². The van der Waals surface area contributed by atoms with Gasteiger partial charge in [0.2, 0.25) is 0 Å². The van der Waals surface area contributed by atoms with Crippen molar-refractivity contribution >= 4 is 0 Å². The van der Waals surface area contributed by atoms with E-state index in [0.717, 1.165) is 12.3 Å². The number of piperidine rings is 1. The zero-order valence-corrected chi connectivity index (χ0v) is 15.6. The van der Waals surface area contributed by atoms with Gasteiger partial charge in [-0.05, 0) is 43.0 Å². The van der Waals surface area contributed by atoms with Crippen LogP contribution >= 0.6 is 0 Å². The van der Waals surface area contributed by atoms with Gasteiger partial charge in [0.25, 0.3) is 0 Å². The molecular weight excluding hydrogens is 284 g/mol. The third-order valence-corrected chi connectivity index (χ3v) is 5.28. The Labute approximate surface area is 142 Å². The van der Waals surface area contributed by atoms with Gasteiger partial charge >= 0.3 is 0 Å². The van der Waals surface area contributed by atoms with Gasteiger partial charge in [-0.2, -0.15) is 0 Å². The lowest BCUT2D eigenvalue weighted by atomic mass is 9.80. The van der Waals surface area contributed by atoms with Crippen molar-refractivity contribution in [1.29, 1.82) is 0 Å². The first kappa shape index (κ1) is 18.3. The van der Waals surface area contributed by atoms with Crippen molar-refractivity contribution in [1.82, 2.24) is 4.90 Å². The molecule has 130 valence electrons. The fourth-order valence-electron chi connectivity index (χ4n) is 3.85. The first-order chi connectivity index (χ1) is 10.9. The average Bonchev–Trinajstić information content (AvgIpc) is 2.55. The summed E-state index contributed by atoms with van der Waals surface area (Å²) in [5.41, 5.74) is 9.03. The number of hydrogen-bond donors (Lipinski definition) is 1. The van der Waals surface area contributed by atoms with Crippen molar-refractivity contribution in [3.63, 3.8) is 0 Å². The molecule has 1 heterocycles. The molecule has 1 aliphatic rings. The van der Waals surface area contributed by atoms with Gasteiger partial charge < -0.3 is 15.4 Å². The molecule has 2 atom stereocenters. The number of rotatable bonds is 5. The van der Waals surface area contributed by atoms with Crippen molar-refractivity contribution in [3.05, 3.63) is 29.3 Å². The van der Waals surface area contributed by atoms with E-state index in [1.165, 1.54) is 36.9 Å². The van der Waals surface area contributed by atoms with Crippen LogP contribution in [0.15, 0.2) is 18.2 Å². The summed E-state index contributed by atoms with van der Waals surface area (Å²) in [4.78, 5) is 2.60. The topological polar surface area (TPSA) is 38.5 Å². The molecular formula is C20H34N2O. The lowest BCUT2D eigenvalue weighted by molar-refractivity contribution is 0.133. The van der Waals surface area contributed by atoms with Gasteiger partial charge in [0.15, 0.2) is 0 Å². The molecule has 1 aliphatic heterocycles. The Kier molecular flexibility index (Phi) is 6.10. The molecule has 1 aromatic carbocycles. The van der Waals surface area contributed by atoms with E-state index in [-0.39, 0.29) is 5.41 Å². The summed E-state index contributed by atoms with van der Waals surface area (Å²) in [6.07, 6.45) is 3.85. The lowest BCUT2D eigenvalue weighted by Crippen LogP contribution is -2.45. The minimum Gasteiger partial charge on any atom is -0.496 e. The Morgan fingerprint density at radius 1 is 1.30 bits per heavy atom. The number of nitrogens with zero attached hydrogens (tertiary/aromatic N) is 1. The van der Waals surface area contributed by atoms with E-state index in [1.54, 1.807) is 7.11 Å². The summed E-state index contributed by atoms with van der Waals surface area (Å²) >= 11 is 0. The summed E-state index contributed by atoms with van der Waals surface area (Å²) in [7, 11) is 1.77. The maximum absolute atomic E-state index is 6.25. The Hall–Kier alpha value is -1.06. The molecule has 3 heteroatoms. The van der Waals surface area contributed by atoms with Gasteiger partial charge in [0.05, 0.1) is 7.11 Å². The van der Waals surface area contributed by atoms with E-state index in [0.29, 0.717) is 18.5 Å². The van der Waals surface area contributed by atoms with E-state index < -0.39 is 0 Å². The molecule has 0 aliphatic carbocycles. The van der Waals surface area contributed by atoms with E-state index in [4.69, 9.17) is 10.5 Å². The van der Waals surface area contributed by atoms with E-state index in [2.05, 4.69) is 50.8 Å². The Bertz CT molecular complexity index is 507. The monoisotopic (exact) mass is 318 g/mol. The molecule has 3 nitrogen and oxygen atoms in total. The highest BCUT2D eigenvalue weighted by atomic mass is 16.5. The van der Waals surface area contributed by atoms with Gasteiger partial charge in [-0.3, -0.25) is 0 Å². The molecule has 2 rings (SSSR count). The first-order valence-corrected chi connectivity index (χ1v) is 9.04. The summed E-state index contributed by atoms with van der Waals surface area (Å²) < 4.78 is 5.68. The molecule has 23 heavy (non-hydrogen) atoms.